The summed E-state index contributed by atoms with van der Waals surface area (Å²) in [5.41, 5.74) is 7.18. The van der Waals surface area contributed by atoms with Gasteiger partial charge in [-0.3, -0.25) is 10.1 Å². The summed E-state index contributed by atoms with van der Waals surface area (Å²) >= 11 is 0. The van der Waals surface area contributed by atoms with Crippen molar-refractivity contribution in [3.63, 3.8) is 0 Å². The molecule has 0 aliphatic carbocycles. The van der Waals surface area contributed by atoms with Gasteiger partial charge >= 0.3 is 0 Å². The van der Waals surface area contributed by atoms with Crippen molar-refractivity contribution in [1.82, 2.24) is 14.8 Å². The molecule has 0 atom stereocenters. The van der Waals surface area contributed by atoms with Crippen molar-refractivity contribution in [1.29, 1.82) is 0 Å². The summed E-state index contributed by atoms with van der Waals surface area (Å²) in [6.45, 7) is 4.86. The molecule has 7 heteroatoms. The predicted molar refractivity (Wildman–Crippen MR) is 75.0 cm³/mol. The minimum atomic E-state index is -0.388. The number of aromatic nitrogens is 3. The molecule has 1 heterocycles. The molecule has 106 valence electrons. The van der Waals surface area contributed by atoms with Crippen molar-refractivity contribution in [3.8, 4) is 11.4 Å². The van der Waals surface area contributed by atoms with Gasteiger partial charge in [0.05, 0.1) is 11.5 Å². The highest BCUT2D eigenvalue weighted by atomic mass is 16.6. The fourth-order valence-corrected chi connectivity index (χ4v) is 2.16. The highest BCUT2D eigenvalue weighted by molar-refractivity contribution is 5.60. The molecule has 0 unspecified atom stereocenters. The third-order valence-corrected chi connectivity index (χ3v) is 3.11. The van der Waals surface area contributed by atoms with Crippen LogP contribution in [0.25, 0.3) is 11.4 Å². The number of hydrogen-bond acceptors (Lipinski definition) is 5. The standard InChI is InChI=1S/C13H17N5O2/c1-3-6-17-12(8-14)15-16-13(17)10-4-5-11(18(19)20)9(2)7-10/h4-5,7H,3,6,8,14H2,1-2H3. The van der Waals surface area contributed by atoms with E-state index in [1.807, 2.05) is 4.57 Å². The van der Waals surface area contributed by atoms with E-state index in [4.69, 9.17) is 5.73 Å². The normalized spacial score (nSPS) is 10.8. The summed E-state index contributed by atoms with van der Waals surface area (Å²) < 4.78 is 1.96. The minimum absolute atomic E-state index is 0.106. The Morgan fingerprint density at radius 1 is 1.40 bits per heavy atom. The Kier molecular flexibility index (Phi) is 4.09. The first-order valence-corrected chi connectivity index (χ1v) is 6.46. The quantitative estimate of drug-likeness (QED) is 0.664. The minimum Gasteiger partial charge on any atom is -0.324 e. The number of nitro groups is 1. The van der Waals surface area contributed by atoms with Crippen molar-refractivity contribution >= 4 is 5.69 Å². The zero-order valence-corrected chi connectivity index (χ0v) is 11.5. The predicted octanol–water partition coefficient (Wildman–Crippen LogP) is 2.03. The molecule has 2 N–H and O–H groups in total. The summed E-state index contributed by atoms with van der Waals surface area (Å²) in [5, 5.41) is 19.1. The van der Waals surface area contributed by atoms with Gasteiger partial charge in [-0.1, -0.05) is 6.92 Å². The van der Waals surface area contributed by atoms with Crippen molar-refractivity contribution in [3.05, 3.63) is 39.7 Å². The Balaban J connectivity index is 2.49. The lowest BCUT2D eigenvalue weighted by Crippen LogP contribution is -2.09. The lowest BCUT2D eigenvalue weighted by molar-refractivity contribution is -0.385. The van der Waals surface area contributed by atoms with Crippen LogP contribution in [-0.4, -0.2) is 19.7 Å². The Morgan fingerprint density at radius 2 is 2.15 bits per heavy atom. The van der Waals surface area contributed by atoms with Gasteiger partial charge in [0.1, 0.15) is 5.82 Å². The zero-order chi connectivity index (χ0) is 14.7. The first kappa shape index (κ1) is 14.1. The molecule has 0 saturated carbocycles. The van der Waals surface area contributed by atoms with Crippen LogP contribution in [0.3, 0.4) is 0 Å². The first-order chi connectivity index (χ1) is 9.58. The third-order valence-electron chi connectivity index (χ3n) is 3.11. The number of nitrogens with zero attached hydrogens (tertiary/aromatic N) is 4. The molecular weight excluding hydrogens is 258 g/mol. The highest BCUT2D eigenvalue weighted by Gasteiger charge is 2.16. The van der Waals surface area contributed by atoms with Crippen LogP contribution >= 0.6 is 0 Å². The average molecular weight is 275 g/mol. The van der Waals surface area contributed by atoms with E-state index in [0.717, 1.165) is 24.4 Å². The number of nitro benzene ring substituents is 1. The van der Waals surface area contributed by atoms with E-state index in [2.05, 4.69) is 17.1 Å². The number of rotatable bonds is 5. The molecule has 0 saturated heterocycles. The van der Waals surface area contributed by atoms with E-state index in [-0.39, 0.29) is 10.6 Å². The molecule has 0 amide bonds. The average Bonchev–Trinajstić information content (AvgIpc) is 2.81. The second kappa shape index (κ2) is 5.79. The van der Waals surface area contributed by atoms with Crippen LogP contribution in [0.5, 0.6) is 0 Å². The summed E-state index contributed by atoms with van der Waals surface area (Å²) in [7, 11) is 0. The Morgan fingerprint density at radius 3 is 2.70 bits per heavy atom. The highest BCUT2D eigenvalue weighted by Crippen LogP contribution is 2.25. The first-order valence-electron chi connectivity index (χ1n) is 6.46. The lowest BCUT2D eigenvalue weighted by atomic mass is 10.1. The van der Waals surface area contributed by atoms with Crippen LogP contribution in [0.4, 0.5) is 5.69 Å². The molecule has 1 aromatic carbocycles. The number of hydrogen-bond donors (Lipinski definition) is 1. The van der Waals surface area contributed by atoms with E-state index in [0.29, 0.717) is 17.9 Å². The Hall–Kier alpha value is -2.28. The maximum atomic E-state index is 10.8. The van der Waals surface area contributed by atoms with Crippen LogP contribution in [0.15, 0.2) is 18.2 Å². The summed E-state index contributed by atoms with van der Waals surface area (Å²) in [6.07, 6.45) is 0.935. The Labute approximate surface area is 116 Å². The molecule has 0 aliphatic heterocycles. The van der Waals surface area contributed by atoms with E-state index >= 15 is 0 Å². The molecule has 0 spiro atoms. The van der Waals surface area contributed by atoms with E-state index in [1.54, 1.807) is 19.1 Å². The van der Waals surface area contributed by atoms with Gasteiger partial charge in [-0.05, 0) is 25.5 Å². The molecule has 2 aromatic rings. The smallest absolute Gasteiger partial charge is 0.272 e. The topological polar surface area (TPSA) is 99.9 Å². The van der Waals surface area contributed by atoms with Crippen LogP contribution in [0, 0.1) is 17.0 Å². The number of aryl methyl sites for hydroxylation is 1. The van der Waals surface area contributed by atoms with Gasteiger partial charge in [0.25, 0.3) is 5.69 Å². The summed E-state index contributed by atoms with van der Waals surface area (Å²) in [6, 6.07) is 4.95. The van der Waals surface area contributed by atoms with Crippen molar-refractivity contribution in [2.24, 2.45) is 5.73 Å². The fraction of sp³-hybridized carbons (Fsp3) is 0.385. The van der Waals surface area contributed by atoms with E-state index in [1.165, 1.54) is 6.07 Å². The van der Waals surface area contributed by atoms with Gasteiger partial charge < -0.3 is 10.3 Å². The molecule has 20 heavy (non-hydrogen) atoms. The molecular formula is C13H17N5O2. The summed E-state index contributed by atoms with van der Waals surface area (Å²) in [4.78, 5) is 10.5. The molecule has 0 radical (unpaired) electrons. The molecule has 0 fully saturated rings. The van der Waals surface area contributed by atoms with Crippen LogP contribution in [-0.2, 0) is 13.1 Å². The maximum Gasteiger partial charge on any atom is 0.272 e. The lowest BCUT2D eigenvalue weighted by Gasteiger charge is -2.08. The fourth-order valence-electron chi connectivity index (χ4n) is 2.16. The number of benzene rings is 1. The van der Waals surface area contributed by atoms with Crippen LogP contribution in [0.2, 0.25) is 0 Å². The monoisotopic (exact) mass is 275 g/mol. The van der Waals surface area contributed by atoms with Gasteiger partial charge in [-0.25, -0.2) is 0 Å². The molecule has 0 aliphatic rings. The Bertz CT molecular complexity index is 636. The second-order valence-corrected chi connectivity index (χ2v) is 4.55. The maximum absolute atomic E-state index is 10.8. The zero-order valence-electron chi connectivity index (χ0n) is 11.5. The van der Waals surface area contributed by atoms with Gasteiger partial charge in [0.15, 0.2) is 5.82 Å². The van der Waals surface area contributed by atoms with Gasteiger partial charge in [0, 0.05) is 23.7 Å². The van der Waals surface area contributed by atoms with Crippen molar-refractivity contribution in [2.75, 3.05) is 0 Å². The number of nitrogens with two attached hydrogens (primary N) is 1. The van der Waals surface area contributed by atoms with Gasteiger partial charge in [-0.2, -0.15) is 0 Å². The second-order valence-electron chi connectivity index (χ2n) is 4.55. The largest absolute Gasteiger partial charge is 0.324 e. The van der Waals surface area contributed by atoms with Crippen molar-refractivity contribution in [2.45, 2.75) is 33.4 Å². The SMILES string of the molecule is CCCn1c(CN)nnc1-c1ccc([N+](=O)[O-])c(C)c1. The van der Waals surface area contributed by atoms with Crippen LogP contribution < -0.4 is 5.73 Å². The molecule has 0 bridgehead atoms. The van der Waals surface area contributed by atoms with Crippen molar-refractivity contribution < 1.29 is 4.92 Å². The van der Waals surface area contributed by atoms with Crippen LogP contribution in [0.1, 0.15) is 24.7 Å². The summed E-state index contributed by atoms with van der Waals surface area (Å²) in [5.74, 6) is 1.42. The van der Waals surface area contributed by atoms with E-state index < -0.39 is 0 Å². The van der Waals surface area contributed by atoms with E-state index in [9.17, 15) is 10.1 Å². The molecule has 1 aromatic heterocycles. The third kappa shape index (κ3) is 2.53. The van der Waals surface area contributed by atoms with Gasteiger partial charge in [0.2, 0.25) is 0 Å². The van der Waals surface area contributed by atoms with Gasteiger partial charge in [-0.15, -0.1) is 10.2 Å². The molecule has 2 rings (SSSR count). The molecule has 7 nitrogen and oxygen atoms in total.